The lowest BCUT2D eigenvalue weighted by atomic mass is 10.1. The van der Waals surface area contributed by atoms with Gasteiger partial charge in [-0.1, -0.05) is 36.4 Å². The van der Waals surface area contributed by atoms with Gasteiger partial charge < -0.3 is 20.3 Å². The quantitative estimate of drug-likeness (QED) is 0.561. The first kappa shape index (κ1) is 23.0. The van der Waals surface area contributed by atoms with E-state index in [0.717, 1.165) is 11.3 Å². The molecule has 1 fully saturated rings. The summed E-state index contributed by atoms with van der Waals surface area (Å²) in [4.78, 5) is 39.4. The van der Waals surface area contributed by atoms with Crippen molar-refractivity contribution in [2.24, 2.45) is 5.92 Å². The van der Waals surface area contributed by atoms with Crippen LogP contribution in [0.4, 0.5) is 15.8 Å². The summed E-state index contributed by atoms with van der Waals surface area (Å²) < 4.78 is 19.3. The third kappa shape index (κ3) is 5.06. The molecule has 0 unspecified atom stereocenters. The van der Waals surface area contributed by atoms with Gasteiger partial charge in [0.2, 0.25) is 11.8 Å². The molecule has 0 saturated carbocycles. The van der Waals surface area contributed by atoms with Gasteiger partial charge in [0.1, 0.15) is 11.6 Å². The minimum atomic E-state index is -0.664. The van der Waals surface area contributed by atoms with Crippen LogP contribution in [0.25, 0.3) is 0 Å². The van der Waals surface area contributed by atoms with Crippen LogP contribution in [0.15, 0.2) is 72.8 Å². The van der Waals surface area contributed by atoms with Gasteiger partial charge >= 0.3 is 0 Å². The Bertz CT molecular complexity index is 1210. The summed E-state index contributed by atoms with van der Waals surface area (Å²) in [5.74, 6) is -1.53. The Kier molecular flexibility index (Phi) is 6.87. The fourth-order valence-corrected chi connectivity index (χ4v) is 3.83. The summed E-state index contributed by atoms with van der Waals surface area (Å²) in [7, 11) is 1.58. The first-order valence-electron chi connectivity index (χ1n) is 10.8. The van der Waals surface area contributed by atoms with Crippen LogP contribution in [0, 0.1) is 11.7 Å². The summed E-state index contributed by atoms with van der Waals surface area (Å²) in [6, 6.07) is 19.9. The maximum atomic E-state index is 14.1. The molecule has 3 aromatic carbocycles. The van der Waals surface area contributed by atoms with Crippen molar-refractivity contribution in [1.29, 1.82) is 0 Å². The monoisotopic (exact) mass is 461 g/mol. The van der Waals surface area contributed by atoms with Crippen LogP contribution in [-0.4, -0.2) is 31.4 Å². The largest absolute Gasteiger partial charge is 0.497 e. The molecule has 1 atom stereocenters. The summed E-state index contributed by atoms with van der Waals surface area (Å²) in [6.07, 6.45) is -0.0357. The maximum Gasteiger partial charge on any atom is 0.253 e. The Balaban J connectivity index is 1.41. The van der Waals surface area contributed by atoms with Gasteiger partial charge in [-0.25, -0.2) is 4.39 Å². The molecule has 34 heavy (non-hydrogen) atoms. The van der Waals surface area contributed by atoms with E-state index in [4.69, 9.17) is 4.74 Å². The van der Waals surface area contributed by atoms with E-state index in [-0.39, 0.29) is 30.5 Å². The third-order valence-corrected chi connectivity index (χ3v) is 5.68. The van der Waals surface area contributed by atoms with E-state index in [1.165, 1.54) is 17.0 Å². The van der Waals surface area contributed by atoms with E-state index in [0.29, 0.717) is 17.8 Å². The van der Waals surface area contributed by atoms with Crippen molar-refractivity contribution in [3.05, 3.63) is 89.7 Å². The molecule has 174 valence electrons. The summed E-state index contributed by atoms with van der Waals surface area (Å²) in [5.41, 5.74) is 1.70. The number of para-hydroxylation sites is 2. The minimum absolute atomic E-state index is 0.0357. The lowest BCUT2D eigenvalue weighted by molar-refractivity contribution is -0.122. The molecule has 1 heterocycles. The smallest absolute Gasteiger partial charge is 0.253 e. The number of anilines is 2. The van der Waals surface area contributed by atoms with E-state index < -0.39 is 17.6 Å². The number of hydrogen-bond acceptors (Lipinski definition) is 4. The second-order valence-electron chi connectivity index (χ2n) is 7.92. The van der Waals surface area contributed by atoms with Crippen molar-refractivity contribution in [2.75, 3.05) is 23.9 Å². The SMILES string of the molecule is COc1ccc(CNC(=O)c2ccccc2NC(=O)[C@@H]2CC(=O)N(c3ccccc3F)C2)cc1. The predicted molar refractivity (Wildman–Crippen MR) is 126 cm³/mol. The van der Waals surface area contributed by atoms with Gasteiger partial charge in [-0.2, -0.15) is 0 Å². The highest BCUT2D eigenvalue weighted by molar-refractivity contribution is 6.07. The number of nitrogens with one attached hydrogen (secondary N) is 2. The van der Waals surface area contributed by atoms with E-state index in [1.54, 1.807) is 43.5 Å². The molecule has 1 aliphatic rings. The zero-order valence-electron chi connectivity index (χ0n) is 18.6. The van der Waals surface area contributed by atoms with E-state index >= 15 is 0 Å². The van der Waals surface area contributed by atoms with Gasteiger partial charge in [-0.05, 0) is 42.0 Å². The molecular formula is C26H24FN3O4. The highest BCUT2D eigenvalue weighted by atomic mass is 19.1. The van der Waals surface area contributed by atoms with Crippen molar-refractivity contribution < 1.29 is 23.5 Å². The molecule has 7 nitrogen and oxygen atoms in total. The first-order valence-corrected chi connectivity index (χ1v) is 10.8. The molecule has 0 aromatic heterocycles. The topological polar surface area (TPSA) is 87.7 Å². The summed E-state index contributed by atoms with van der Waals surface area (Å²) in [5, 5.41) is 5.61. The second-order valence-corrected chi connectivity index (χ2v) is 7.92. The lowest BCUT2D eigenvalue weighted by Gasteiger charge is -2.17. The molecule has 2 N–H and O–H groups in total. The average Bonchev–Trinajstić information content (AvgIpc) is 3.25. The molecular weight excluding hydrogens is 437 g/mol. The molecule has 1 saturated heterocycles. The van der Waals surface area contributed by atoms with Crippen molar-refractivity contribution in [3.63, 3.8) is 0 Å². The van der Waals surface area contributed by atoms with Gasteiger partial charge in [0.05, 0.1) is 30.0 Å². The molecule has 3 aromatic rings. The molecule has 8 heteroatoms. The minimum Gasteiger partial charge on any atom is -0.497 e. The Morgan fingerprint density at radius 2 is 1.74 bits per heavy atom. The van der Waals surface area contributed by atoms with Crippen molar-refractivity contribution in [3.8, 4) is 5.75 Å². The fourth-order valence-electron chi connectivity index (χ4n) is 3.83. The second kappa shape index (κ2) is 10.2. The van der Waals surface area contributed by atoms with Crippen LogP contribution in [0.5, 0.6) is 5.75 Å². The summed E-state index contributed by atoms with van der Waals surface area (Å²) in [6.45, 7) is 0.372. The van der Waals surface area contributed by atoms with E-state index in [1.807, 2.05) is 24.3 Å². The van der Waals surface area contributed by atoms with Crippen LogP contribution >= 0.6 is 0 Å². The molecule has 0 bridgehead atoms. The zero-order valence-corrected chi connectivity index (χ0v) is 18.6. The highest BCUT2D eigenvalue weighted by Crippen LogP contribution is 2.28. The zero-order chi connectivity index (χ0) is 24.1. The average molecular weight is 461 g/mol. The Morgan fingerprint density at radius 3 is 2.47 bits per heavy atom. The molecule has 0 aliphatic carbocycles. The molecule has 4 rings (SSSR count). The van der Waals surface area contributed by atoms with E-state index in [2.05, 4.69) is 10.6 Å². The lowest BCUT2D eigenvalue weighted by Crippen LogP contribution is -2.30. The van der Waals surface area contributed by atoms with E-state index in [9.17, 15) is 18.8 Å². The van der Waals surface area contributed by atoms with Gasteiger partial charge in [0.15, 0.2) is 0 Å². The Morgan fingerprint density at radius 1 is 1.03 bits per heavy atom. The van der Waals surface area contributed by atoms with Crippen LogP contribution in [-0.2, 0) is 16.1 Å². The number of ether oxygens (including phenoxy) is 1. The third-order valence-electron chi connectivity index (χ3n) is 5.68. The van der Waals surface area contributed by atoms with Gasteiger partial charge in [-0.3, -0.25) is 14.4 Å². The van der Waals surface area contributed by atoms with Crippen LogP contribution < -0.4 is 20.3 Å². The van der Waals surface area contributed by atoms with Gasteiger partial charge in [0, 0.05) is 19.5 Å². The normalized spacial score (nSPS) is 15.2. The first-order chi connectivity index (χ1) is 16.5. The van der Waals surface area contributed by atoms with Crippen LogP contribution in [0.2, 0.25) is 0 Å². The summed E-state index contributed by atoms with van der Waals surface area (Å²) >= 11 is 0. The van der Waals surface area contributed by atoms with Crippen molar-refractivity contribution >= 4 is 29.1 Å². The van der Waals surface area contributed by atoms with Crippen LogP contribution in [0.1, 0.15) is 22.3 Å². The van der Waals surface area contributed by atoms with Crippen molar-refractivity contribution in [1.82, 2.24) is 5.32 Å². The number of carbonyl (C=O) groups excluding carboxylic acids is 3. The standard InChI is InChI=1S/C26H24FN3O4/c1-34-19-12-10-17(11-13-19)15-28-26(33)20-6-2-4-8-22(20)29-25(32)18-14-24(31)30(16-18)23-9-5-3-7-21(23)27/h2-13,18H,14-16H2,1H3,(H,28,33)(H,29,32)/t18-/m1/s1. The fraction of sp³-hybridized carbons (Fsp3) is 0.192. The predicted octanol–water partition coefficient (Wildman–Crippen LogP) is 3.76. The molecule has 3 amide bonds. The number of hydrogen-bond donors (Lipinski definition) is 2. The number of halogens is 1. The number of benzene rings is 3. The molecule has 1 aliphatic heterocycles. The number of carbonyl (C=O) groups is 3. The number of amides is 3. The highest BCUT2D eigenvalue weighted by Gasteiger charge is 2.36. The maximum absolute atomic E-state index is 14.1. The van der Waals surface area contributed by atoms with Crippen molar-refractivity contribution in [2.45, 2.75) is 13.0 Å². The van der Waals surface area contributed by atoms with Gasteiger partial charge in [-0.15, -0.1) is 0 Å². The molecule has 0 spiro atoms. The number of nitrogens with zero attached hydrogens (tertiary/aromatic N) is 1. The van der Waals surface area contributed by atoms with Crippen LogP contribution in [0.3, 0.4) is 0 Å². The number of rotatable bonds is 7. The Hall–Kier alpha value is -4.20. The van der Waals surface area contributed by atoms with Gasteiger partial charge in [0.25, 0.3) is 5.91 Å². The number of methoxy groups -OCH3 is 1. The molecule has 0 radical (unpaired) electrons. The Labute approximate surface area is 196 Å².